The van der Waals surface area contributed by atoms with Gasteiger partial charge in [0.2, 0.25) is 0 Å². The van der Waals surface area contributed by atoms with Gasteiger partial charge in [-0.3, -0.25) is 4.79 Å². The molecule has 2 rings (SSSR count). The van der Waals surface area contributed by atoms with Gasteiger partial charge in [0.05, 0.1) is 11.9 Å². The lowest BCUT2D eigenvalue weighted by Crippen LogP contribution is -2.25. The maximum atomic E-state index is 12.0. The zero-order valence-electron chi connectivity index (χ0n) is 11.7. The van der Waals surface area contributed by atoms with Crippen LogP contribution in [0.2, 0.25) is 0 Å². The Labute approximate surface area is 122 Å². The van der Waals surface area contributed by atoms with Crippen LogP contribution >= 0.6 is 15.9 Å². The Hall–Kier alpha value is -0.840. The predicted octanol–water partition coefficient (Wildman–Crippen LogP) is 3.26. The molecule has 0 saturated heterocycles. The fourth-order valence-corrected chi connectivity index (χ4v) is 3.17. The number of aromatic nitrogens is 2. The van der Waals surface area contributed by atoms with Gasteiger partial charge in [0.25, 0.3) is 5.56 Å². The molecule has 1 aliphatic rings. The standard InChI is InChI=1S/C14H22BrN3O/c1-3-6-18-14(19)13(15)12(9-17-18)16-8-11-5-4-10(2)7-11/h9-11,16H,3-8H2,1-2H3. The van der Waals surface area contributed by atoms with Crippen LogP contribution in [0.3, 0.4) is 0 Å². The molecular weight excluding hydrogens is 306 g/mol. The van der Waals surface area contributed by atoms with Crippen molar-refractivity contribution in [2.45, 2.75) is 46.1 Å². The van der Waals surface area contributed by atoms with Gasteiger partial charge in [-0.1, -0.05) is 20.3 Å². The van der Waals surface area contributed by atoms with Crippen molar-refractivity contribution >= 4 is 21.6 Å². The molecule has 2 atom stereocenters. The van der Waals surface area contributed by atoms with Crippen molar-refractivity contribution in [3.8, 4) is 0 Å². The van der Waals surface area contributed by atoms with E-state index in [1.54, 1.807) is 6.20 Å². The summed E-state index contributed by atoms with van der Waals surface area (Å²) >= 11 is 3.39. The van der Waals surface area contributed by atoms with Crippen LogP contribution in [0.15, 0.2) is 15.5 Å². The molecule has 0 aromatic carbocycles. The van der Waals surface area contributed by atoms with Crippen molar-refractivity contribution in [1.29, 1.82) is 0 Å². The molecule has 0 spiro atoms. The van der Waals surface area contributed by atoms with Gasteiger partial charge < -0.3 is 5.32 Å². The third-order valence-electron chi connectivity index (χ3n) is 3.80. The van der Waals surface area contributed by atoms with Crippen LogP contribution < -0.4 is 10.9 Å². The second-order valence-corrected chi connectivity index (χ2v) is 6.36. The van der Waals surface area contributed by atoms with E-state index < -0.39 is 0 Å². The quantitative estimate of drug-likeness (QED) is 0.902. The minimum atomic E-state index is -0.0494. The van der Waals surface area contributed by atoms with Gasteiger partial charge in [-0.25, -0.2) is 4.68 Å². The molecule has 0 radical (unpaired) electrons. The maximum absolute atomic E-state index is 12.0. The molecule has 4 nitrogen and oxygen atoms in total. The molecule has 1 N–H and O–H groups in total. The van der Waals surface area contributed by atoms with Gasteiger partial charge in [-0.05, 0) is 47.0 Å². The summed E-state index contributed by atoms with van der Waals surface area (Å²) in [6.45, 7) is 5.94. The van der Waals surface area contributed by atoms with Crippen LogP contribution in [-0.2, 0) is 6.54 Å². The number of hydrogen-bond acceptors (Lipinski definition) is 3. The first-order chi connectivity index (χ1) is 9.11. The normalized spacial score (nSPS) is 22.7. The molecule has 1 aromatic heterocycles. The highest BCUT2D eigenvalue weighted by molar-refractivity contribution is 9.10. The van der Waals surface area contributed by atoms with Crippen molar-refractivity contribution in [2.75, 3.05) is 11.9 Å². The van der Waals surface area contributed by atoms with Crippen molar-refractivity contribution in [1.82, 2.24) is 9.78 Å². The van der Waals surface area contributed by atoms with E-state index in [9.17, 15) is 4.79 Å². The van der Waals surface area contributed by atoms with Gasteiger partial charge in [0.1, 0.15) is 4.47 Å². The number of anilines is 1. The van der Waals surface area contributed by atoms with Crippen molar-refractivity contribution in [3.63, 3.8) is 0 Å². The number of rotatable bonds is 5. The fourth-order valence-electron chi connectivity index (χ4n) is 2.72. The third kappa shape index (κ3) is 3.59. The highest BCUT2D eigenvalue weighted by Crippen LogP contribution is 2.30. The SMILES string of the molecule is CCCn1ncc(NCC2CCC(C)C2)c(Br)c1=O. The van der Waals surface area contributed by atoms with Crippen LogP contribution in [0.4, 0.5) is 5.69 Å². The summed E-state index contributed by atoms with van der Waals surface area (Å²) in [5.74, 6) is 1.56. The second kappa shape index (κ2) is 6.55. The minimum Gasteiger partial charge on any atom is -0.382 e. The van der Waals surface area contributed by atoms with Crippen molar-refractivity contribution in [2.24, 2.45) is 11.8 Å². The number of aryl methyl sites for hydroxylation is 1. The molecule has 5 heteroatoms. The van der Waals surface area contributed by atoms with Crippen molar-refractivity contribution in [3.05, 3.63) is 21.0 Å². The highest BCUT2D eigenvalue weighted by Gasteiger charge is 2.21. The summed E-state index contributed by atoms with van der Waals surface area (Å²) in [5, 5.41) is 7.56. The highest BCUT2D eigenvalue weighted by atomic mass is 79.9. The molecule has 1 aliphatic carbocycles. The smallest absolute Gasteiger partial charge is 0.283 e. The largest absolute Gasteiger partial charge is 0.382 e. The summed E-state index contributed by atoms with van der Waals surface area (Å²) in [6.07, 6.45) is 6.55. The van der Waals surface area contributed by atoms with Crippen LogP contribution in [-0.4, -0.2) is 16.3 Å². The molecule has 0 bridgehead atoms. The molecule has 0 amide bonds. The Morgan fingerprint density at radius 1 is 1.53 bits per heavy atom. The van der Waals surface area contributed by atoms with Crippen LogP contribution in [0, 0.1) is 11.8 Å². The van der Waals surface area contributed by atoms with Gasteiger partial charge in [0.15, 0.2) is 0 Å². The second-order valence-electron chi connectivity index (χ2n) is 5.57. The Morgan fingerprint density at radius 2 is 2.32 bits per heavy atom. The third-order valence-corrected chi connectivity index (χ3v) is 4.57. The average molecular weight is 328 g/mol. The lowest BCUT2D eigenvalue weighted by Gasteiger charge is -2.14. The molecule has 0 aliphatic heterocycles. The molecular formula is C14H22BrN3O. The Balaban J connectivity index is 2.01. The fraction of sp³-hybridized carbons (Fsp3) is 0.714. The Kier molecular flexibility index (Phi) is 5.02. The topological polar surface area (TPSA) is 46.9 Å². The average Bonchev–Trinajstić information content (AvgIpc) is 2.80. The van der Waals surface area contributed by atoms with Gasteiger partial charge in [-0.15, -0.1) is 0 Å². The predicted molar refractivity (Wildman–Crippen MR) is 81.5 cm³/mol. The first kappa shape index (κ1) is 14.6. The number of hydrogen-bond donors (Lipinski definition) is 1. The molecule has 1 heterocycles. The summed E-state index contributed by atoms with van der Waals surface area (Å²) in [4.78, 5) is 12.0. The van der Waals surface area contributed by atoms with E-state index in [0.29, 0.717) is 11.0 Å². The van der Waals surface area contributed by atoms with Crippen LogP contribution in [0.5, 0.6) is 0 Å². The van der Waals surface area contributed by atoms with Crippen LogP contribution in [0.25, 0.3) is 0 Å². The van der Waals surface area contributed by atoms with E-state index in [4.69, 9.17) is 0 Å². The van der Waals surface area contributed by atoms with E-state index in [1.807, 2.05) is 6.92 Å². The van der Waals surface area contributed by atoms with Gasteiger partial charge in [0, 0.05) is 13.1 Å². The van der Waals surface area contributed by atoms with E-state index in [2.05, 4.69) is 33.3 Å². The molecule has 1 aromatic rings. The van der Waals surface area contributed by atoms with E-state index in [0.717, 1.165) is 30.5 Å². The zero-order chi connectivity index (χ0) is 13.8. The number of nitrogens with zero attached hydrogens (tertiary/aromatic N) is 2. The van der Waals surface area contributed by atoms with Gasteiger partial charge in [-0.2, -0.15) is 5.10 Å². The van der Waals surface area contributed by atoms with Crippen LogP contribution in [0.1, 0.15) is 39.5 Å². The molecule has 1 saturated carbocycles. The van der Waals surface area contributed by atoms with E-state index in [1.165, 1.54) is 23.9 Å². The van der Waals surface area contributed by atoms with Crippen molar-refractivity contribution < 1.29 is 0 Å². The Morgan fingerprint density at radius 3 is 2.95 bits per heavy atom. The Bertz CT molecular complexity index is 486. The first-order valence-corrected chi connectivity index (χ1v) is 7.90. The lowest BCUT2D eigenvalue weighted by molar-refractivity contribution is 0.535. The minimum absolute atomic E-state index is 0.0494. The first-order valence-electron chi connectivity index (χ1n) is 7.11. The monoisotopic (exact) mass is 327 g/mol. The summed E-state index contributed by atoms with van der Waals surface area (Å²) in [6, 6.07) is 0. The summed E-state index contributed by atoms with van der Waals surface area (Å²) < 4.78 is 2.11. The van der Waals surface area contributed by atoms with Gasteiger partial charge >= 0.3 is 0 Å². The molecule has 19 heavy (non-hydrogen) atoms. The van der Waals surface area contributed by atoms with E-state index in [-0.39, 0.29) is 5.56 Å². The lowest BCUT2D eigenvalue weighted by atomic mass is 10.1. The molecule has 106 valence electrons. The molecule has 2 unspecified atom stereocenters. The summed E-state index contributed by atoms with van der Waals surface area (Å²) in [7, 11) is 0. The zero-order valence-corrected chi connectivity index (χ0v) is 13.2. The van der Waals surface area contributed by atoms with E-state index >= 15 is 0 Å². The number of halogens is 1. The molecule has 1 fully saturated rings. The summed E-state index contributed by atoms with van der Waals surface area (Å²) in [5.41, 5.74) is 0.767. The maximum Gasteiger partial charge on any atom is 0.283 e. The number of nitrogens with one attached hydrogen (secondary N) is 1.